The van der Waals surface area contributed by atoms with Crippen molar-refractivity contribution in [2.45, 2.75) is 6.92 Å². The molecule has 0 atom stereocenters. The van der Waals surface area contributed by atoms with Crippen molar-refractivity contribution in [3.8, 4) is 22.3 Å². The molecule has 0 amide bonds. The van der Waals surface area contributed by atoms with Gasteiger partial charge in [-0.2, -0.15) is 0 Å². The summed E-state index contributed by atoms with van der Waals surface area (Å²) in [5.74, 6) is 0. The minimum Gasteiger partial charge on any atom is -0.145 e. The highest BCUT2D eigenvalue weighted by Crippen LogP contribution is 2.31. The van der Waals surface area contributed by atoms with Crippen molar-refractivity contribution >= 4 is 27.2 Å². The molecule has 0 bridgehead atoms. The Balaban J connectivity index is 1.58. The zero-order valence-electron chi connectivity index (χ0n) is 16.1. The number of rotatable bonds is 3. The lowest BCUT2D eigenvalue weighted by Gasteiger charge is -2.08. The van der Waals surface area contributed by atoms with E-state index in [1.54, 1.807) is 12.1 Å². The van der Waals surface area contributed by atoms with Crippen LogP contribution >= 0.6 is 0 Å². The van der Waals surface area contributed by atoms with E-state index >= 15 is 0 Å². The van der Waals surface area contributed by atoms with Gasteiger partial charge in [-0.3, -0.25) is 0 Å². The van der Waals surface area contributed by atoms with Gasteiger partial charge in [0.1, 0.15) is 5.69 Å². The first kappa shape index (κ1) is 17.3. The maximum absolute atomic E-state index is 10.6. The Hall–Kier alpha value is -3.78. The fraction of sp³-hybridized carbons (Fsp3) is 0.0370. The molecule has 0 N–H and O–H groups in total. The minimum atomic E-state index is 0.449. The Bertz CT molecular complexity index is 1350. The van der Waals surface area contributed by atoms with E-state index in [0.29, 0.717) is 5.69 Å². The van der Waals surface area contributed by atoms with Crippen LogP contribution in [-0.2, 0) is 0 Å². The van der Waals surface area contributed by atoms with E-state index in [2.05, 4.69) is 84.9 Å². The van der Waals surface area contributed by atoms with Gasteiger partial charge in [0.05, 0.1) is 0 Å². The first-order valence-electron chi connectivity index (χ1n) is 9.68. The van der Waals surface area contributed by atoms with Gasteiger partial charge in [-0.15, -0.1) is 4.91 Å². The van der Waals surface area contributed by atoms with Gasteiger partial charge >= 0.3 is 0 Å². The SMILES string of the molecule is Cc1ccc(-c2ccc3cc4cc(-c5ccc(N=O)cc5)ccc4cc3c2)cc1. The fourth-order valence-electron chi connectivity index (χ4n) is 3.82. The summed E-state index contributed by atoms with van der Waals surface area (Å²) in [6, 6.07) is 33.7. The minimum absolute atomic E-state index is 0.449. The number of benzene rings is 5. The first-order chi connectivity index (χ1) is 14.2. The molecule has 0 saturated heterocycles. The molecule has 5 aromatic rings. The number of aryl methyl sites for hydroxylation is 1. The average Bonchev–Trinajstić information content (AvgIpc) is 2.77. The zero-order valence-corrected chi connectivity index (χ0v) is 16.1. The lowest BCUT2D eigenvalue weighted by molar-refractivity contribution is 1.47. The molecule has 0 unspecified atom stereocenters. The highest BCUT2D eigenvalue weighted by molar-refractivity contribution is 6.01. The summed E-state index contributed by atoms with van der Waals surface area (Å²) in [4.78, 5) is 10.6. The summed E-state index contributed by atoms with van der Waals surface area (Å²) in [6.45, 7) is 2.11. The maximum atomic E-state index is 10.6. The van der Waals surface area contributed by atoms with Crippen LogP contribution in [0.2, 0.25) is 0 Å². The third kappa shape index (κ3) is 3.30. The molecule has 2 nitrogen and oxygen atoms in total. The molecule has 5 aromatic carbocycles. The number of nitroso groups, excluding NO2 is 1. The van der Waals surface area contributed by atoms with Crippen molar-refractivity contribution in [2.75, 3.05) is 0 Å². The molecule has 29 heavy (non-hydrogen) atoms. The Labute approximate surface area is 169 Å². The van der Waals surface area contributed by atoms with E-state index in [1.165, 1.54) is 38.2 Å². The van der Waals surface area contributed by atoms with Crippen molar-refractivity contribution in [1.82, 2.24) is 0 Å². The number of hydrogen-bond acceptors (Lipinski definition) is 2. The quantitative estimate of drug-likeness (QED) is 0.232. The summed E-state index contributed by atoms with van der Waals surface area (Å²) in [6.07, 6.45) is 0. The Morgan fingerprint density at radius 1 is 0.483 bits per heavy atom. The van der Waals surface area contributed by atoms with Crippen LogP contribution in [0.5, 0.6) is 0 Å². The zero-order chi connectivity index (χ0) is 19.8. The highest BCUT2D eigenvalue weighted by Gasteiger charge is 2.05. The lowest BCUT2D eigenvalue weighted by atomic mass is 9.96. The molecule has 138 valence electrons. The van der Waals surface area contributed by atoms with Crippen LogP contribution in [0.25, 0.3) is 43.8 Å². The standard InChI is InChI=1S/C27H19NO/c1-18-2-4-19(5-3-18)21-6-8-23-17-26-15-22(7-9-24(26)16-25(23)14-21)20-10-12-27(28-29)13-11-20/h2-17H,1H3. The van der Waals surface area contributed by atoms with Crippen LogP contribution in [0, 0.1) is 11.8 Å². The van der Waals surface area contributed by atoms with Crippen molar-refractivity contribution in [2.24, 2.45) is 5.18 Å². The number of nitrogens with zero attached hydrogens (tertiary/aromatic N) is 1. The predicted octanol–water partition coefficient (Wildman–Crippen LogP) is 8.03. The average molecular weight is 373 g/mol. The smallest absolute Gasteiger partial charge is 0.108 e. The van der Waals surface area contributed by atoms with Crippen molar-refractivity contribution < 1.29 is 0 Å². The van der Waals surface area contributed by atoms with Crippen LogP contribution in [0.4, 0.5) is 5.69 Å². The summed E-state index contributed by atoms with van der Waals surface area (Å²) >= 11 is 0. The molecule has 5 rings (SSSR count). The van der Waals surface area contributed by atoms with Crippen molar-refractivity contribution in [3.63, 3.8) is 0 Å². The number of hydrogen-bond donors (Lipinski definition) is 0. The second kappa shape index (κ2) is 6.99. The topological polar surface area (TPSA) is 29.4 Å². The summed E-state index contributed by atoms with van der Waals surface area (Å²) < 4.78 is 0. The van der Waals surface area contributed by atoms with E-state index in [-0.39, 0.29) is 0 Å². The van der Waals surface area contributed by atoms with Crippen LogP contribution < -0.4 is 0 Å². The van der Waals surface area contributed by atoms with E-state index in [0.717, 1.165) is 11.1 Å². The predicted molar refractivity (Wildman–Crippen MR) is 123 cm³/mol. The Morgan fingerprint density at radius 3 is 1.41 bits per heavy atom. The van der Waals surface area contributed by atoms with Crippen molar-refractivity contribution in [1.29, 1.82) is 0 Å². The van der Waals surface area contributed by atoms with Gasteiger partial charge in [-0.05, 0) is 92.3 Å². The molecular weight excluding hydrogens is 354 g/mol. The van der Waals surface area contributed by atoms with Gasteiger partial charge in [0.2, 0.25) is 0 Å². The van der Waals surface area contributed by atoms with Gasteiger partial charge in [0.15, 0.2) is 0 Å². The normalized spacial score (nSPS) is 11.1. The van der Waals surface area contributed by atoms with Crippen LogP contribution in [-0.4, -0.2) is 0 Å². The highest BCUT2D eigenvalue weighted by atomic mass is 16.3. The maximum Gasteiger partial charge on any atom is 0.108 e. The molecule has 0 radical (unpaired) electrons. The van der Waals surface area contributed by atoms with E-state index < -0.39 is 0 Å². The first-order valence-corrected chi connectivity index (χ1v) is 9.68. The van der Waals surface area contributed by atoms with Crippen LogP contribution in [0.1, 0.15) is 5.56 Å². The second-order valence-corrected chi connectivity index (χ2v) is 7.48. The molecule has 2 heteroatoms. The Morgan fingerprint density at radius 2 is 0.931 bits per heavy atom. The van der Waals surface area contributed by atoms with Crippen molar-refractivity contribution in [3.05, 3.63) is 108 Å². The second-order valence-electron chi connectivity index (χ2n) is 7.48. The summed E-state index contributed by atoms with van der Waals surface area (Å²) in [5.41, 5.74) is 6.40. The molecule has 0 saturated carbocycles. The molecule has 0 aliphatic carbocycles. The fourth-order valence-corrected chi connectivity index (χ4v) is 3.82. The van der Waals surface area contributed by atoms with Gasteiger partial charge in [-0.25, -0.2) is 0 Å². The molecule has 0 spiro atoms. The third-order valence-corrected chi connectivity index (χ3v) is 5.49. The number of fused-ring (bicyclic) bond motifs is 2. The molecular formula is C27H19NO. The molecule has 0 fully saturated rings. The summed E-state index contributed by atoms with van der Waals surface area (Å²) in [7, 11) is 0. The van der Waals surface area contributed by atoms with E-state index in [4.69, 9.17) is 0 Å². The van der Waals surface area contributed by atoms with Crippen LogP contribution in [0.3, 0.4) is 0 Å². The van der Waals surface area contributed by atoms with Crippen LogP contribution in [0.15, 0.2) is 102 Å². The molecule has 0 heterocycles. The van der Waals surface area contributed by atoms with E-state index in [9.17, 15) is 4.91 Å². The van der Waals surface area contributed by atoms with Gasteiger partial charge in [-0.1, -0.05) is 66.2 Å². The lowest BCUT2D eigenvalue weighted by Crippen LogP contribution is -1.83. The van der Waals surface area contributed by atoms with Gasteiger partial charge in [0.25, 0.3) is 0 Å². The molecule has 0 aliphatic rings. The molecule has 0 aliphatic heterocycles. The summed E-state index contributed by atoms with van der Waals surface area (Å²) in [5, 5.41) is 7.86. The van der Waals surface area contributed by atoms with Gasteiger partial charge in [0, 0.05) is 0 Å². The van der Waals surface area contributed by atoms with Gasteiger partial charge < -0.3 is 0 Å². The molecule has 0 aromatic heterocycles. The Kier molecular flexibility index (Phi) is 4.18. The third-order valence-electron chi connectivity index (χ3n) is 5.49. The largest absolute Gasteiger partial charge is 0.145 e. The monoisotopic (exact) mass is 373 g/mol. The van der Waals surface area contributed by atoms with E-state index in [1.807, 2.05) is 12.1 Å².